The van der Waals surface area contributed by atoms with Crippen LogP contribution < -0.4 is 0 Å². The minimum atomic E-state index is -1.19. The molecule has 0 saturated heterocycles. The van der Waals surface area contributed by atoms with Crippen LogP contribution in [0, 0.1) is 0 Å². The normalized spacial score (nSPS) is 14.6. The number of rotatable bonds is 4. The van der Waals surface area contributed by atoms with E-state index in [2.05, 4.69) is 19.6 Å². The molecule has 0 radical (unpaired) electrons. The molecule has 0 rings (SSSR count). The molecule has 3 heteroatoms. The number of carbonyl (C=O) groups excluding carboxylic acids is 1. The third-order valence-corrected chi connectivity index (χ3v) is 3.07. The summed E-state index contributed by atoms with van der Waals surface area (Å²) in [5.41, 5.74) is 0. The fraction of sp³-hybridized carbons (Fsp3) is 0.875. The highest BCUT2D eigenvalue weighted by Gasteiger charge is 2.19. The van der Waals surface area contributed by atoms with Gasteiger partial charge in [-0.15, -0.1) is 0 Å². The molecule has 2 nitrogen and oxygen atoms in total. The van der Waals surface area contributed by atoms with Crippen LogP contribution in [0.2, 0.25) is 25.7 Å². The summed E-state index contributed by atoms with van der Waals surface area (Å²) in [6.45, 7) is 8.09. The van der Waals surface area contributed by atoms with Gasteiger partial charge in [0.1, 0.15) is 5.78 Å². The van der Waals surface area contributed by atoms with Crippen molar-refractivity contribution >= 4 is 13.9 Å². The summed E-state index contributed by atoms with van der Waals surface area (Å²) in [4.78, 5) is 10.6. The van der Waals surface area contributed by atoms with E-state index < -0.39 is 14.2 Å². The quantitative estimate of drug-likeness (QED) is 0.658. The Morgan fingerprint density at radius 1 is 1.45 bits per heavy atom. The molecule has 11 heavy (non-hydrogen) atoms. The van der Waals surface area contributed by atoms with Gasteiger partial charge in [0, 0.05) is 14.5 Å². The number of hydrogen-bond acceptors (Lipinski definition) is 2. The average Bonchev–Trinajstić information content (AvgIpc) is 1.53. The van der Waals surface area contributed by atoms with Crippen LogP contribution in [0.15, 0.2) is 0 Å². The van der Waals surface area contributed by atoms with Crippen molar-refractivity contribution in [1.29, 1.82) is 0 Å². The lowest BCUT2D eigenvalue weighted by atomic mass is 10.2. The predicted molar refractivity (Wildman–Crippen MR) is 49.5 cm³/mol. The maximum atomic E-state index is 10.6. The van der Waals surface area contributed by atoms with Gasteiger partial charge in [0.05, 0.1) is 6.10 Å². The summed E-state index contributed by atoms with van der Waals surface area (Å²) >= 11 is 0. The molecule has 0 aliphatic heterocycles. The number of Topliss-reactive ketones (excluding diaryl/α,β-unsaturated/α-hetero) is 1. The van der Waals surface area contributed by atoms with Crippen LogP contribution >= 0.6 is 0 Å². The van der Waals surface area contributed by atoms with Crippen LogP contribution in [-0.2, 0) is 4.79 Å². The minimum absolute atomic E-state index is 0.0794. The van der Waals surface area contributed by atoms with Crippen LogP contribution in [0.3, 0.4) is 0 Å². The zero-order valence-electron chi connectivity index (χ0n) is 7.85. The van der Waals surface area contributed by atoms with Gasteiger partial charge < -0.3 is 5.11 Å². The first-order chi connectivity index (χ1) is 4.81. The summed E-state index contributed by atoms with van der Waals surface area (Å²) in [6.07, 6.45) is -0.0799. The van der Waals surface area contributed by atoms with E-state index in [-0.39, 0.29) is 5.78 Å². The molecule has 0 heterocycles. The number of ketones is 1. The molecule has 0 aromatic carbocycles. The Morgan fingerprint density at radius 3 is 2.18 bits per heavy atom. The number of aliphatic hydroxyl groups is 1. The fourth-order valence-corrected chi connectivity index (χ4v) is 2.67. The number of aliphatic hydroxyl groups excluding tert-OH is 1. The van der Waals surface area contributed by atoms with Gasteiger partial charge in [-0.05, 0) is 13.0 Å². The van der Waals surface area contributed by atoms with E-state index in [1.807, 2.05) is 0 Å². The molecule has 0 amide bonds. The monoisotopic (exact) mass is 174 g/mol. The maximum Gasteiger partial charge on any atom is 0.132 e. The molecule has 0 aromatic heterocycles. The van der Waals surface area contributed by atoms with Gasteiger partial charge >= 0.3 is 0 Å². The summed E-state index contributed by atoms with van der Waals surface area (Å²) in [5, 5.41) is 9.37. The summed E-state index contributed by atoms with van der Waals surface area (Å²) in [6, 6.07) is 0.826. The first-order valence-electron chi connectivity index (χ1n) is 3.99. The van der Waals surface area contributed by atoms with Gasteiger partial charge in [-0.25, -0.2) is 0 Å². The molecular formula is C8H18O2Si. The van der Waals surface area contributed by atoms with E-state index in [1.165, 1.54) is 6.92 Å². The van der Waals surface area contributed by atoms with Crippen molar-refractivity contribution in [2.75, 3.05) is 0 Å². The van der Waals surface area contributed by atoms with Crippen LogP contribution in [-0.4, -0.2) is 25.1 Å². The Bertz CT molecular complexity index is 138. The third kappa shape index (κ3) is 7.75. The molecule has 0 bridgehead atoms. The molecule has 0 spiro atoms. The number of hydrogen-bond donors (Lipinski definition) is 1. The highest BCUT2D eigenvalue weighted by molar-refractivity contribution is 6.76. The molecule has 66 valence electrons. The lowest BCUT2D eigenvalue weighted by Crippen LogP contribution is -2.27. The van der Waals surface area contributed by atoms with Crippen LogP contribution in [0.1, 0.15) is 13.3 Å². The van der Waals surface area contributed by atoms with Crippen molar-refractivity contribution in [2.45, 2.75) is 45.1 Å². The molecule has 0 unspecified atom stereocenters. The molecule has 0 fully saturated rings. The summed E-state index contributed by atoms with van der Waals surface area (Å²) < 4.78 is 0. The molecule has 0 aliphatic carbocycles. The molecule has 1 atom stereocenters. The summed E-state index contributed by atoms with van der Waals surface area (Å²) in [7, 11) is -1.19. The lowest BCUT2D eigenvalue weighted by molar-refractivity contribution is -0.118. The Morgan fingerprint density at radius 2 is 1.91 bits per heavy atom. The van der Waals surface area contributed by atoms with Crippen molar-refractivity contribution in [1.82, 2.24) is 0 Å². The minimum Gasteiger partial charge on any atom is -0.393 e. The molecule has 0 saturated carbocycles. The van der Waals surface area contributed by atoms with Crippen LogP contribution in [0.5, 0.6) is 0 Å². The van der Waals surface area contributed by atoms with Gasteiger partial charge in [-0.3, -0.25) is 4.79 Å². The Labute approximate surface area is 69.6 Å². The molecule has 1 N–H and O–H groups in total. The van der Waals surface area contributed by atoms with E-state index in [9.17, 15) is 9.90 Å². The van der Waals surface area contributed by atoms with Gasteiger partial charge in [0.25, 0.3) is 0 Å². The largest absolute Gasteiger partial charge is 0.393 e. The first-order valence-corrected chi connectivity index (χ1v) is 7.69. The van der Waals surface area contributed by atoms with E-state index in [1.54, 1.807) is 0 Å². The van der Waals surface area contributed by atoms with Crippen molar-refractivity contribution in [3.8, 4) is 0 Å². The fourth-order valence-electron chi connectivity index (χ4n) is 1.11. The van der Waals surface area contributed by atoms with Crippen molar-refractivity contribution in [3.63, 3.8) is 0 Å². The first kappa shape index (κ1) is 10.8. The lowest BCUT2D eigenvalue weighted by Gasteiger charge is -2.19. The van der Waals surface area contributed by atoms with Crippen molar-refractivity contribution < 1.29 is 9.90 Å². The van der Waals surface area contributed by atoms with Gasteiger partial charge in [0.2, 0.25) is 0 Å². The van der Waals surface area contributed by atoms with Crippen molar-refractivity contribution in [2.24, 2.45) is 0 Å². The second-order valence-electron chi connectivity index (χ2n) is 4.32. The Balaban J connectivity index is 3.69. The van der Waals surface area contributed by atoms with E-state index in [4.69, 9.17) is 0 Å². The number of carbonyl (C=O) groups is 1. The zero-order chi connectivity index (χ0) is 9.07. The highest BCUT2D eigenvalue weighted by Crippen LogP contribution is 2.13. The van der Waals surface area contributed by atoms with E-state index in [0.29, 0.717) is 6.42 Å². The average molecular weight is 174 g/mol. The summed E-state index contributed by atoms with van der Waals surface area (Å²) in [5.74, 6) is 0.0794. The standard InChI is InChI=1S/C8H18O2Si/c1-7(9)5-8(10)6-11(2,3)4/h8,10H,5-6H2,1-4H3/t8-/m0/s1. The maximum absolute atomic E-state index is 10.6. The molecular weight excluding hydrogens is 156 g/mol. The Kier molecular flexibility index (Phi) is 3.96. The second-order valence-corrected chi connectivity index (χ2v) is 9.85. The van der Waals surface area contributed by atoms with E-state index in [0.717, 1.165) is 6.04 Å². The smallest absolute Gasteiger partial charge is 0.132 e. The third-order valence-electron chi connectivity index (χ3n) is 1.37. The van der Waals surface area contributed by atoms with E-state index >= 15 is 0 Å². The Hall–Kier alpha value is -0.153. The van der Waals surface area contributed by atoms with Crippen molar-refractivity contribution in [3.05, 3.63) is 0 Å². The van der Waals surface area contributed by atoms with Gasteiger partial charge in [-0.2, -0.15) is 0 Å². The predicted octanol–water partition coefficient (Wildman–Crippen LogP) is 1.66. The molecule has 0 aliphatic rings. The zero-order valence-corrected chi connectivity index (χ0v) is 8.85. The SMILES string of the molecule is CC(=O)C[C@H](O)C[Si](C)(C)C. The van der Waals surface area contributed by atoms with Crippen LogP contribution in [0.25, 0.3) is 0 Å². The second kappa shape index (κ2) is 4.02. The van der Waals surface area contributed by atoms with Gasteiger partial charge in [-0.1, -0.05) is 19.6 Å². The molecule has 0 aromatic rings. The van der Waals surface area contributed by atoms with Crippen LogP contribution in [0.4, 0.5) is 0 Å². The topological polar surface area (TPSA) is 37.3 Å². The highest BCUT2D eigenvalue weighted by atomic mass is 28.3. The van der Waals surface area contributed by atoms with Gasteiger partial charge in [0.15, 0.2) is 0 Å².